The third-order valence-corrected chi connectivity index (χ3v) is 4.90. The number of hydrogen-bond donors (Lipinski definition) is 1. The molecule has 0 bridgehead atoms. The Morgan fingerprint density at radius 1 is 1.15 bits per heavy atom. The Kier molecular flexibility index (Phi) is 5.82. The van der Waals surface area contributed by atoms with Gasteiger partial charge in [0.05, 0.1) is 24.6 Å². The van der Waals surface area contributed by atoms with Crippen LogP contribution in [0.25, 0.3) is 28.3 Å². The number of nitrogens with zero attached hydrogens (tertiary/aromatic N) is 3. The molecule has 2 aromatic heterocycles. The maximum atomic E-state index is 14.6. The molecule has 7 nitrogen and oxygen atoms in total. The monoisotopic (exact) mass is 478 g/mol. The first-order chi connectivity index (χ1) is 16.1. The highest BCUT2D eigenvalue weighted by molar-refractivity contribution is 5.97. The second kappa shape index (κ2) is 8.61. The lowest BCUT2D eigenvalue weighted by Crippen LogP contribution is -2.15. The fourth-order valence-corrected chi connectivity index (χ4v) is 3.44. The minimum Gasteiger partial charge on any atom is -0.453 e. The number of halogens is 5. The first-order valence-electron chi connectivity index (χ1n) is 9.63. The van der Waals surface area contributed by atoms with Crippen molar-refractivity contribution in [3.63, 3.8) is 0 Å². The van der Waals surface area contributed by atoms with Gasteiger partial charge in [-0.25, -0.2) is 18.3 Å². The molecule has 12 heteroatoms. The fraction of sp³-hybridized carbons (Fsp3) is 0.136. The van der Waals surface area contributed by atoms with E-state index >= 15 is 0 Å². The number of amides is 1. The summed E-state index contributed by atoms with van der Waals surface area (Å²) < 4.78 is 81.0. The highest BCUT2D eigenvalue weighted by atomic mass is 19.4. The van der Waals surface area contributed by atoms with Crippen molar-refractivity contribution in [1.82, 2.24) is 14.9 Å². The van der Waals surface area contributed by atoms with Crippen LogP contribution in [0.5, 0.6) is 0 Å². The second-order valence-corrected chi connectivity index (χ2v) is 7.08. The maximum absolute atomic E-state index is 14.6. The summed E-state index contributed by atoms with van der Waals surface area (Å²) in [6, 6.07) is 8.52. The molecule has 4 aromatic rings. The molecule has 0 fully saturated rings. The average molecular weight is 478 g/mol. The quantitative estimate of drug-likeness (QED) is 0.365. The second-order valence-electron chi connectivity index (χ2n) is 7.08. The summed E-state index contributed by atoms with van der Waals surface area (Å²) in [5.74, 6) is -2.05. The van der Waals surface area contributed by atoms with Gasteiger partial charge in [-0.1, -0.05) is 23.4 Å². The van der Waals surface area contributed by atoms with Gasteiger partial charge in [-0.2, -0.15) is 18.3 Å². The highest BCUT2D eigenvalue weighted by Crippen LogP contribution is 2.44. The lowest BCUT2D eigenvalue weighted by molar-refractivity contribution is -0.142. The van der Waals surface area contributed by atoms with Crippen LogP contribution in [-0.4, -0.2) is 28.1 Å². The van der Waals surface area contributed by atoms with Crippen molar-refractivity contribution in [3.8, 4) is 28.3 Å². The van der Waals surface area contributed by atoms with Crippen LogP contribution in [0.3, 0.4) is 0 Å². The van der Waals surface area contributed by atoms with Gasteiger partial charge in [0, 0.05) is 5.56 Å². The number of aromatic nitrogens is 3. The normalized spacial score (nSPS) is 11.5. The number of aryl methyl sites for hydroxylation is 1. The summed E-state index contributed by atoms with van der Waals surface area (Å²) in [6.07, 6.45) is -5.21. The van der Waals surface area contributed by atoms with E-state index in [1.165, 1.54) is 18.2 Å². The molecule has 2 heterocycles. The zero-order valence-electron chi connectivity index (χ0n) is 17.6. The van der Waals surface area contributed by atoms with Crippen LogP contribution >= 0.6 is 0 Å². The van der Waals surface area contributed by atoms with Gasteiger partial charge in [0.1, 0.15) is 23.0 Å². The Bertz CT molecular complexity index is 1360. The number of carbonyl (C=O) groups excluding carboxylic acids is 1. The number of anilines is 1. The number of rotatable bonds is 4. The topological polar surface area (TPSA) is 82.2 Å². The predicted molar refractivity (Wildman–Crippen MR) is 110 cm³/mol. The van der Waals surface area contributed by atoms with Crippen molar-refractivity contribution in [1.29, 1.82) is 0 Å². The van der Waals surface area contributed by atoms with E-state index in [2.05, 4.69) is 20.3 Å². The molecule has 0 aliphatic carbocycles. The summed E-state index contributed by atoms with van der Waals surface area (Å²) in [6.45, 7) is 1.55. The summed E-state index contributed by atoms with van der Waals surface area (Å²) in [7, 11) is 1.04. The van der Waals surface area contributed by atoms with Crippen LogP contribution in [0.15, 0.2) is 53.2 Å². The predicted octanol–water partition coefficient (Wildman–Crippen LogP) is 5.98. The molecule has 176 valence electrons. The van der Waals surface area contributed by atoms with Crippen molar-refractivity contribution in [3.05, 3.63) is 71.6 Å². The van der Waals surface area contributed by atoms with Crippen LogP contribution in [0.1, 0.15) is 11.3 Å². The van der Waals surface area contributed by atoms with E-state index in [9.17, 15) is 26.7 Å². The van der Waals surface area contributed by atoms with Crippen LogP contribution < -0.4 is 5.32 Å². The van der Waals surface area contributed by atoms with E-state index in [-0.39, 0.29) is 22.6 Å². The molecule has 0 saturated carbocycles. The summed E-state index contributed by atoms with van der Waals surface area (Å²) >= 11 is 0. The molecular weight excluding hydrogens is 463 g/mol. The molecule has 0 radical (unpaired) electrons. The molecular formula is C22H15F5N4O3. The van der Waals surface area contributed by atoms with Gasteiger partial charge in [0.25, 0.3) is 0 Å². The zero-order valence-corrected chi connectivity index (χ0v) is 17.6. The van der Waals surface area contributed by atoms with E-state index in [0.29, 0.717) is 10.2 Å². The largest absolute Gasteiger partial charge is 0.453 e. The fourth-order valence-electron chi connectivity index (χ4n) is 3.44. The number of carbonyl (C=O) groups is 1. The first-order valence-corrected chi connectivity index (χ1v) is 9.63. The van der Waals surface area contributed by atoms with Gasteiger partial charge >= 0.3 is 12.3 Å². The molecule has 4 rings (SSSR count). The van der Waals surface area contributed by atoms with Crippen molar-refractivity contribution < 1.29 is 36.0 Å². The number of methoxy groups -OCH3 is 1. The third kappa shape index (κ3) is 4.09. The Labute approximate surface area is 188 Å². The molecule has 0 spiro atoms. The SMILES string of the molecule is COC(=O)Nc1c(-c2c(C)cccc2F)noc1-c1cnn(-c2cccc(F)c2)c1C(F)(F)F. The molecule has 1 N–H and O–H groups in total. The molecule has 0 aliphatic rings. The lowest BCUT2D eigenvalue weighted by Gasteiger charge is -2.13. The van der Waals surface area contributed by atoms with Crippen LogP contribution in [0, 0.1) is 18.6 Å². The van der Waals surface area contributed by atoms with Gasteiger partial charge in [-0.3, -0.25) is 5.32 Å². The number of alkyl halides is 3. The number of benzene rings is 2. The first kappa shape index (κ1) is 23.0. The van der Waals surface area contributed by atoms with E-state index in [1.807, 2.05) is 0 Å². The van der Waals surface area contributed by atoms with E-state index < -0.39 is 40.9 Å². The van der Waals surface area contributed by atoms with Crippen molar-refractivity contribution in [2.24, 2.45) is 0 Å². The van der Waals surface area contributed by atoms with Gasteiger partial charge in [0.15, 0.2) is 11.5 Å². The minimum absolute atomic E-state index is 0.0880. The summed E-state index contributed by atoms with van der Waals surface area (Å²) in [5, 5.41) is 9.74. The molecule has 0 unspecified atom stereocenters. The minimum atomic E-state index is -4.98. The summed E-state index contributed by atoms with van der Waals surface area (Å²) in [5.41, 5.74) is -2.44. The van der Waals surface area contributed by atoms with Gasteiger partial charge in [0.2, 0.25) is 0 Å². The molecule has 34 heavy (non-hydrogen) atoms. The Morgan fingerprint density at radius 3 is 2.53 bits per heavy atom. The standard InChI is InChI=1S/C22H15F5N4O3/c1-11-5-3-8-15(24)16(11)17-18(29-21(32)33-2)19(34-30-17)14-10-28-31(20(14)22(25,26)27)13-7-4-6-12(23)9-13/h3-10H,1-2H3,(H,29,32). The van der Waals surface area contributed by atoms with Crippen molar-refractivity contribution >= 4 is 11.8 Å². The number of nitrogens with one attached hydrogen (secondary N) is 1. The molecule has 0 aliphatic heterocycles. The Hall–Kier alpha value is -4.22. The van der Waals surface area contributed by atoms with E-state index in [0.717, 1.165) is 31.5 Å². The number of hydrogen-bond acceptors (Lipinski definition) is 5. The lowest BCUT2D eigenvalue weighted by atomic mass is 10.0. The Balaban J connectivity index is 1.98. The molecule has 1 amide bonds. The molecule has 2 aromatic carbocycles. The van der Waals surface area contributed by atoms with Crippen molar-refractivity contribution in [2.45, 2.75) is 13.1 Å². The van der Waals surface area contributed by atoms with Crippen molar-refractivity contribution in [2.75, 3.05) is 12.4 Å². The summed E-state index contributed by atoms with van der Waals surface area (Å²) in [4.78, 5) is 12.0. The highest BCUT2D eigenvalue weighted by Gasteiger charge is 2.41. The van der Waals surface area contributed by atoms with E-state index in [4.69, 9.17) is 4.52 Å². The van der Waals surface area contributed by atoms with Crippen LogP contribution in [0.4, 0.5) is 32.4 Å². The van der Waals surface area contributed by atoms with Gasteiger partial charge < -0.3 is 9.26 Å². The smallest absolute Gasteiger partial charge is 0.434 e. The van der Waals surface area contributed by atoms with Crippen LogP contribution in [0.2, 0.25) is 0 Å². The van der Waals surface area contributed by atoms with E-state index in [1.54, 1.807) is 13.0 Å². The van der Waals surface area contributed by atoms with Gasteiger partial charge in [-0.05, 0) is 36.8 Å². The average Bonchev–Trinajstić information content (AvgIpc) is 3.38. The number of ether oxygens (including phenoxy) is 1. The zero-order chi connectivity index (χ0) is 24.6. The maximum Gasteiger partial charge on any atom is 0.434 e. The third-order valence-electron chi connectivity index (χ3n) is 4.90. The Morgan fingerprint density at radius 2 is 1.88 bits per heavy atom. The van der Waals surface area contributed by atoms with Gasteiger partial charge in [-0.15, -0.1) is 0 Å². The molecule has 0 atom stereocenters. The molecule has 0 saturated heterocycles. The van der Waals surface area contributed by atoms with Crippen LogP contribution in [-0.2, 0) is 10.9 Å².